The minimum absolute atomic E-state index is 0.196. The molecule has 1 heterocycles. The highest BCUT2D eigenvalue weighted by atomic mass is 35.5. The Morgan fingerprint density at radius 1 is 1.15 bits per heavy atom. The van der Waals surface area contributed by atoms with E-state index in [2.05, 4.69) is 21.2 Å². The van der Waals surface area contributed by atoms with Crippen molar-refractivity contribution in [3.05, 3.63) is 52.0 Å². The van der Waals surface area contributed by atoms with Crippen LogP contribution in [0.2, 0.25) is 10.0 Å². The topological polar surface area (TPSA) is 74.5 Å². The summed E-state index contributed by atoms with van der Waals surface area (Å²) in [6.45, 7) is 1.66. The molecule has 0 radical (unpaired) electrons. The van der Waals surface area contributed by atoms with Crippen molar-refractivity contribution in [3.8, 4) is 11.1 Å². The van der Waals surface area contributed by atoms with Gasteiger partial charge >= 0.3 is 6.18 Å². The number of alkyl halides is 3. The highest BCUT2D eigenvalue weighted by Gasteiger charge is 2.31. The molecule has 1 aliphatic heterocycles. The first-order valence-electron chi connectivity index (χ1n) is 7.41. The number of halogens is 5. The second-order valence-electron chi connectivity index (χ2n) is 5.88. The van der Waals surface area contributed by atoms with E-state index in [-0.39, 0.29) is 15.6 Å². The fourth-order valence-electron chi connectivity index (χ4n) is 2.44. The first kappa shape index (κ1) is 18.8. The number of nitrogens with one attached hydrogen (secondary N) is 3. The number of hydrazine groups is 1. The standard InChI is InChI=1S/C16H14Cl2F3N5/c1-15(22)24-14(25-26-15)23-10-6-11(17)13(12(18)7-10)8-3-2-4-9(5-8)16(19,20)21/h2-7,26H,22H2,1H3,(H2,23,24,25). The third-order valence-corrected chi connectivity index (χ3v) is 4.16. The van der Waals surface area contributed by atoms with Gasteiger partial charge in [-0.1, -0.05) is 35.3 Å². The average molecular weight is 404 g/mol. The van der Waals surface area contributed by atoms with E-state index in [1.165, 1.54) is 12.1 Å². The zero-order valence-corrected chi connectivity index (χ0v) is 14.9. The normalized spacial score (nSPS) is 19.9. The maximum Gasteiger partial charge on any atom is 0.416 e. The minimum atomic E-state index is -4.45. The van der Waals surface area contributed by atoms with Gasteiger partial charge in [-0.15, -0.1) is 0 Å². The van der Waals surface area contributed by atoms with Crippen LogP contribution >= 0.6 is 23.2 Å². The van der Waals surface area contributed by atoms with Crippen LogP contribution in [-0.2, 0) is 6.18 Å². The van der Waals surface area contributed by atoms with E-state index in [9.17, 15) is 13.2 Å². The smallest absolute Gasteiger partial charge is 0.325 e. The number of nitrogens with zero attached hydrogens (tertiary/aromatic N) is 1. The van der Waals surface area contributed by atoms with Gasteiger partial charge < -0.3 is 5.32 Å². The summed E-state index contributed by atoms with van der Waals surface area (Å²) >= 11 is 12.5. The van der Waals surface area contributed by atoms with Crippen molar-refractivity contribution in [1.82, 2.24) is 10.9 Å². The Kier molecular flexibility index (Phi) is 4.78. The number of nitrogens with two attached hydrogens (primary N) is 1. The predicted molar refractivity (Wildman–Crippen MR) is 96.8 cm³/mol. The van der Waals surface area contributed by atoms with E-state index < -0.39 is 17.5 Å². The molecule has 26 heavy (non-hydrogen) atoms. The summed E-state index contributed by atoms with van der Waals surface area (Å²) in [5.41, 5.74) is 11.6. The van der Waals surface area contributed by atoms with Crippen LogP contribution in [0.25, 0.3) is 11.1 Å². The largest absolute Gasteiger partial charge is 0.416 e. The molecule has 1 unspecified atom stereocenters. The van der Waals surface area contributed by atoms with Crippen LogP contribution in [0.3, 0.4) is 0 Å². The van der Waals surface area contributed by atoms with Crippen LogP contribution in [0.5, 0.6) is 0 Å². The fourth-order valence-corrected chi connectivity index (χ4v) is 3.15. The van der Waals surface area contributed by atoms with E-state index >= 15 is 0 Å². The molecule has 0 saturated heterocycles. The van der Waals surface area contributed by atoms with Crippen LogP contribution in [0.4, 0.5) is 18.9 Å². The van der Waals surface area contributed by atoms with Gasteiger partial charge in [-0.2, -0.15) is 18.6 Å². The van der Waals surface area contributed by atoms with Crippen LogP contribution < -0.4 is 21.9 Å². The summed E-state index contributed by atoms with van der Waals surface area (Å²) in [6, 6.07) is 7.90. The van der Waals surface area contributed by atoms with E-state index in [4.69, 9.17) is 28.9 Å². The fraction of sp³-hybridized carbons (Fsp3) is 0.188. The first-order valence-corrected chi connectivity index (χ1v) is 8.16. The van der Waals surface area contributed by atoms with Gasteiger partial charge in [-0.3, -0.25) is 11.2 Å². The molecule has 0 spiro atoms. The highest BCUT2D eigenvalue weighted by Crippen LogP contribution is 2.39. The summed E-state index contributed by atoms with van der Waals surface area (Å²) in [7, 11) is 0. The number of aliphatic imine (C=N–C) groups is 1. The second-order valence-corrected chi connectivity index (χ2v) is 6.69. The van der Waals surface area contributed by atoms with Gasteiger partial charge in [0, 0.05) is 11.3 Å². The lowest BCUT2D eigenvalue weighted by atomic mass is 10.0. The number of anilines is 1. The summed E-state index contributed by atoms with van der Waals surface area (Å²) in [5, 5.41) is 3.33. The number of benzene rings is 2. The molecule has 0 aliphatic carbocycles. The zero-order valence-electron chi connectivity index (χ0n) is 13.4. The molecule has 2 aromatic rings. The number of guanidine groups is 1. The van der Waals surface area contributed by atoms with E-state index in [0.29, 0.717) is 17.2 Å². The number of hydrogen-bond donors (Lipinski definition) is 4. The van der Waals surface area contributed by atoms with Crippen LogP contribution in [0.1, 0.15) is 12.5 Å². The third kappa shape index (κ3) is 4.04. The van der Waals surface area contributed by atoms with Crippen molar-refractivity contribution < 1.29 is 13.2 Å². The Hall–Kier alpha value is -2.00. The Labute approximate surface area is 157 Å². The lowest BCUT2D eigenvalue weighted by molar-refractivity contribution is -0.137. The molecular formula is C16H14Cl2F3N5. The molecule has 5 nitrogen and oxygen atoms in total. The Morgan fingerprint density at radius 2 is 1.81 bits per heavy atom. The Balaban J connectivity index is 1.94. The van der Waals surface area contributed by atoms with Gasteiger partial charge in [-0.25, -0.2) is 4.99 Å². The van der Waals surface area contributed by atoms with Crippen LogP contribution in [0, 0.1) is 0 Å². The SMILES string of the molecule is CC1(N)N=C(Nc2cc(Cl)c(-c3cccc(C(F)(F)F)c3)c(Cl)c2)NN1. The molecule has 0 saturated carbocycles. The predicted octanol–water partition coefficient (Wildman–Crippen LogP) is 4.19. The van der Waals surface area contributed by atoms with E-state index in [0.717, 1.165) is 12.1 Å². The highest BCUT2D eigenvalue weighted by molar-refractivity contribution is 6.39. The van der Waals surface area contributed by atoms with Crippen molar-refractivity contribution in [3.63, 3.8) is 0 Å². The van der Waals surface area contributed by atoms with Gasteiger partial charge in [0.25, 0.3) is 0 Å². The average Bonchev–Trinajstić information content (AvgIpc) is 2.85. The first-order chi connectivity index (χ1) is 12.0. The molecule has 1 aliphatic rings. The summed E-state index contributed by atoms with van der Waals surface area (Å²) in [6.07, 6.45) is -4.45. The lowest BCUT2D eigenvalue weighted by Gasteiger charge is -2.13. The van der Waals surface area contributed by atoms with Gasteiger partial charge in [-0.05, 0) is 36.8 Å². The minimum Gasteiger partial charge on any atom is -0.325 e. The molecule has 0 aromatic heterocycles. The zero-order chi connectivity index (χ0) is 19.1. The second kappa shape index (κ2) is 6.62. The van der Waals surface area contributed by atoms with E-state index in [1.807, 2.05) is 0 Å². The Bertz CT molecular complexity index is 857. The number of hydrogen-bond acceptors (Lipinski definition) is 5. The molecule has 3 rings (SSSR count). The van der Waals surface area contributed by atoms with Crippen LogP contribution in [-0.4, -0.2) is 11.7 Å². The maximum absolute atomic E-state index is 12.9. The van der Waals surface area contributed by atoms with Crippen molar-refractivity contribution in [2.75, 3.05) is 5.32 Å². The quantitative estimate of drug-likeness (QED) is 0.606. The van der Waals surface area contributed by atoms with Crippen molar-refractivity contribution in [1.29, 1.82) is 0 Å². The molecule has 1 atom stereocenters. The van der Waals surface area contributed by atoms with Gasteiger partial charge in [0.05, 0.1) is 15.6 Å². The lowest BCUT2D eigenvalue weighted by Crippen LogP contribution is -2.50. The molecule has 0 fully saturated rings. The molecule has 0 amide bonds. The maximum atomic E-state index is 12.9. The summed E-state index contributed by atoms with van der Waals surface area (Å²) in [5.74, 6) is -0.609. The molecular weight excluding hydrogens is 390 g/mol. The van der Waals surface area contributed by atoms with Gasteiger partial charge in [0.2, 0.25) is 5.96 Å². The van der Waals surface area contributed by atoms with E-state index in [1.54, 1.807) is 19.1 Å². The molecule has 5 N–H and O–H groups in total. The van der Waals surface area contributed by atoms with Crippen molar-refractivity contribution in [2.45, 2.75) is 18.9 Å². The molecule has 0 bridgehead atoms. The van der Waals surface area contributed by atoms with Gasteiger partial charge in [0.15, 0.2) is 5.79 Å². The number of rotatable bonds is 2. The molecule has 2 aromatic carbocycles. The van der Waals surface area contributed by atoms with Crippen molar-refractivity contribution in [2.24, 2.45) is 10.7 Å². The Morgan fingerprint density at radius 3 is 2.35 bits per heavy atom. The van der Waals surface area contributed by atoms with Gasteiger partial charge in [0.1, 0.15) is 0 Å². The third-order valence-electron chi connectivity index (χ3n) is 3.56. The monoisotopic (exact) mass is 403 g/mol. The summed E-state index contributed by atoms with van der Waals surface area (Å²) in [4.78, 5) is 4.14. The molecule has 10 heteroatoms. The van der Waals surface area contributed by atoms with Crippen molar-refractivity contribution >= 4 is 34.8 Å². The summed E-state index contributed by atoms with van der Waals surface area (Å²) < 4.78 is 38.8. The molecule has 138 valence electrons. The van der Waals surface area contributed by atoms with Crippen LogP contribution in [0.15, 0.2) is 41.4 Å².